The van der Waals surface area contributed by atoms with Gasteiger partial charge >= 0.3 is 6.18 Å². The Bertz CT molecular complexity index is 647. The maximum absolute atomic E-state index is 13.5. The summed E-state index contributed by atoms with van der Waals surface area (Å²) in [6.45, 7) is 1.81. The van der Waals surface area contributed by atoms with E-state index in [2.05, 4.69) is 15.9 Å². The summed E-state index contributed by atoms with van der Waals surface area (Å²) in [7, 11) is 0. The molecule has 0 aliphatic carbocycles. The summed E-state index contributed by atoms with van der Waals surface area (Å²) in [6, 6.07) is 7.57. The molecule has 0 saturated carbocycles. The lowest BCUT2D eigenvalue weighted by Crippen LogP contribution is -2.09. The number of hydrogen-bond donors (Lipinski definition) is 1. The molecule has 0 saturated heterocycles. The summed E-state index contributed by atoms with van der Waals surface area (Å²) < 4.78 is 51.8. The van der Waals surface area contributed by atoms with Crippen molar-refractivity contribution in [1.82, 2.24) is 0 Å². The van der Waals surface area contributed by atoms with Crippen molar-refractivity contribution < 1.29 is 22.7 Å². The molecule has 2 aromatic carbocycles. The molecular weight excluding hydrogens is 352 g/mol. The van der Waals surface area contributed by atoms with E-state index < -0.39 is 23.7 Å². The Morgan fingerprint density at radius 1 is 1.05 bits per heavy atom. The van der Waals surface area contributed by atoms with Crippen LogP contribution in [0.2, 0.25) is 0 Å². The largest absolute Gasteiger partial charge is 0.419 e. The molecule has 2 rings (SSSR count). The highest BCUT2D eigenvalue weighted by Crippen LogP contribution is 2.33. The number of alkyl halides is 3. The summed E-state index contributed by atoms with van der Waals surface area (Å²) in [5, 5.41) is 10.2. The Morgan fingerprint density at radius 2 is 1.71 bits per heavy atom. The van der Waals surface area contributed by atoms with Gasteiger partial charge in [0.25, 0.3) is 0 Å². The van der Waals surface area contributed by atoms with Crippen molar-refractivity contribution in [1.29, 1.82) is 0 Å². The Labute approximate surface area is 127 Å². The molecule has 0 amide bonds. The van der Waals surface area contributed by atoms with Crippen LogP contribution in [-0.2, 0) is 6.18 Å². The van der Waals surface area contributed by atoms with E-state index in [1.807, 2.05) is 13.0 Å². The quantitative estimate of drug-likeness (QED) is 0.745. The van der Waals surface area contributed by atoms with E-state index in [0.29, 0.717) is 17.7 Å². The molecule has 6 heteroatoms. The number of aryl methyl sites for hydroxylation is 1. The lowest BCUT2D eigenvalue weighted by Gasteiger charge is -2.15. The van der Waals surface area contributed by atoms with Gasteiger partial charge in [0.1, 0.15) is 11.9 Å². The van der Waals surface area contributed by atoms with Crippen molar-refractivity contribution in [2.24, 2.45) is 0 Å². The van der Waals surface area contributed by atoms with E-state index in [4.69, 9.17) is 0 Å². The molecule has 0 fully saturated rings. The van der Waals surface area contributed by atoms with Crippen LogP contribution in [0.25, 0.3) is 0 Å². The van der Waals surface area contributed by atoms with Crippen LogP contribution in [-0.4, -0.2) is 5.11 Å². The minimum atomic E-state index is -4.75. The molecule has 0 bridgehead atoms. The predicted molar refractivity (Wildman–Crippen MR) is 74.3 cm³/mol. The summed E-state index contributed by atoms with van der Waals surface area (Å²) >= 11 is 3.27. The van der Waals surface area contributed by atoms with Crippen LogP contribution in [0.1, 0.15) is 28.4 Å². The third-order valence-corrected chi connectivity index (χ3v) is 3.45. The fraction of sp³-hybridized carbons (Fsp3) is 0.200. The molecular formula is C15H11BrF4O. The smallest absolute Gasteiger partial charge is 0.384 e. The molecule has 0 aliphatic rings. The van der Waals surface area contributed by atoms with Crippen molar-refractivity contribution in [3.63, 3.8) is 0 Å². The van der Waals surface area contributed by atoms with Crippen molar-refractivity contribution in [3.05, 3.63) is 68.9 Å². The van der Waals surface area contributed by atoms with Gasteiger partial charge in [-0.1, -0.05) is 28.1 Å². The van der Waals surface area contributed by atoms with E-state index in [0.717, 1.165) is 16.1 Å². The van der Waals surface area contributed by atoms with Crippen LogP contribution in [0.15, 0.2) is 40.9 Å². The minimum absolute atomic E-state index is 0.0676. The second kappa shape index (κ2) is 5.77. The van der Waals surface area contributed by atoms with Gasteiger partial charge in [-0.05, 0) is 47.9 Å². The van der Waals surface area contributed by atoms with Gasteiger partial charge in [-0.2, -0.15) is 13.2 Å². The first-order valence-electron chi connectivity index (χ1n) is 6.00. The van der Waals surface area contributed by atoms with E-state index in [-0.39, 0.29) is 5.56 Å². The minimum Gasteiger partial charge on any atom is -0.384 e. The fourth-order valence-corrected chi connectivity index (χ4v) is 2.67. The first kappa shape index (κ1) is 16.0. The van der Waals surface area contributed by atoms with Gasteiger partial charge in [0.2, 0.25) is 0 Å². The highest BCUT2D eigenvalue weighted by Gasteiger charge is 2.34. The number of rotatable bonds is 2. The van der Waals surface area contributed by atoms with E-state index in [1.54, 1.807) is 12.1 Å². The topological polar surface area (TPSA) is 20.2 Å². The maximum Gasteiger partial charge on any atom is 0.419 e. The fourth-order valence-electron chi connectivity index (χ4n) is 2.05. The lowest BCUT2D eigenvalue weighted by atomic mass is 9.98. The van der Waals surface area contributed by atoms with Crippen LogP contribution in [0.3, 0.4) is 0 Å². The summed E-state index contributed by atoms with van der Waals surface area (Å²) in [5.74, 6) is -1.40. The number of hydrogen-bond acceptors (Lipinski definition) is 1. The zero-order valence-corrected chi connectivity index (χ0v) is 12.5. The number of aliphatic hydroxyl groups excluding tert-OH is 1. The van der Waals surface area contributed by atoms with Crippen LogP contribution in [0, 0.1) is 12.7 Å². The Balaban J connectivity index is 2.40. The van der Waals surface area contributed by atoms with Crippen LogP contribution < -0.4 is 0 Å². The Morgan fingerprint density at radius 3 is 2.24 bits per heavy atom. The first-order chi connectivity index (χ1) is 9.68. The second-order valence-electron chi connectivity index (χ2n) is 4.70. The number of halogens is 5. The molecule has 1 nitrogen and oxygen atoms in total. The first-order valence-corrected chi connectivity index (χ1v) is 6.79. The van der Waals surface area contributed by atoms with E-state index in [1.165, 1.54) is 0 Å². The third-order valence-electron chi connectivity index (χ3n) is 2.99. The Kier molecular flexibility index (Phi) is 4.39. The average molecular weight is 363 g/mol. The standard InChI is InChI=1S/C15H11BrF4O/c1-8-4-10(6-11(16)5-8)14(21)9-2-3-12(13(17)7-9)15(18,19)20/h2-7,14,21H,1H3. The number of aliphatic hydroxyl groups is 1. The molecule has 1 N–H and O–H groups in total. The monoisotopic (exact) mass is 362 g/mol. The van der Waals surface area contributed by atoms with Gasteiger partial charge in [-0.15, -0.1) is 0 Å². The molecule has 2 aromatic rings. The maximum atomic E-state index is 13.5. The molecule has 0 heterocycles. The predicted octanol–water partition coefficient (Wildman–Crippen LogP) is 5.00. The molecule has 112 valence electrons. The number of benzene rings is 2. The van der Waals surface area contributed by atoms with Crippen molar-refractivity contribution in [2.75, 3.05) is 0 Å². The molecule has 1 unspecified atom stereocenters. The lowest BCUT2D eigenvalue weighted by molar-refractivity contribution is -0.140. The molecule has 0 spiro atoms. The zero-order chi connectivity index (χ0) is 15.8. The van der Waals surface area contributed by atoms with Crippen LogP contribution >= 0.6 is 15.9 Å². The zero-order valence-electron chi connectivity index (χ0n) is 10.9. The van der Waals surface area contributed by atoms with Gasteiger partial charge in [-0.3, -0.25) is 0 Å². The van der Waals surface area contributed by atoms with E-state index in [9.17, 15) is 22.7 Å². The second-order valence-corrected chi connectivity index (χ2v) is 5.62. The van der Waals surface area contributed by atoms with Crippen molar-refractivity contribution >= 4 is 15.9 Å². The molecule has 1 atom stereocenters. The van der Waals surface area contributed by atoms with Crippen molar-refractivity contribution in [2.45, 2.75) is 19.2 Å². The molecule has 21 heavy (non-hydrogen) atoms. The highest BCUT2D eigenvalue weighted by atomic mass is 79.9. The van der Waals surface area contributed by atoms with Gasteiger partial charge in [0, 0.05) is 4.47 Å². The third kappa shape index (κ3) is 3.63. The van der Waals surface area contributed by atoms with Crippen molar-refractivity contribution in [3.8, 4) is 0 Å². The highest BCUT2D eigenvalue weighted by molar-refractivity contribution is 9.10. The normalized spacial score (nSPS) is 13.3. The molecule has 0 radical (unpaired) electrons. The Hall–Kier alpha value is -1.40. The van der Waals surface area contributed by atoms with E-state index >= 15 is 0 Å². The van der Waals surface area contributed by atoms with Crippen LogP contribution in [0.5, 0.6) is 0 Å². The van der Waals surface area contributed by atoms with Gasteiger partial charge < -0.3 is 5.11 Å². The SMILES string of the molecule is Cc1cc(Br)cc(C(O)c2ccc(C(F)(F)F)c(F)c2)c1. The average Bonchev–Trinajstić information content (AvgIpc) is 2.35. The van der Waals surface area contributed by atoms with Gasteiger partial charge in [0.15, 0.2) is 0 Å². The molecule has 0 aliphatic heterocycles. The van der Waals surface area contributed by atoms with Crippen LogP contribution in [0.4, 0.5) is 17.6 Å². The molecule has 0 aromatic heterocycles. The van der Waals surface area contributed by atoms with Gasteiger partial charge in [-0.25, -0.2) is 4.39 Å². The summed E-state index contributed by atoms with van der Waals surface area (Å²) in [6.07, 6.45) is -5.95. The van der Waals surface area contributed by atoms with Gasteiger partial charge in [0.05, 0.1) is 5.56 Å². The summed E-state index contributed by atoms with van der Waals surface area (Å²) in [5.41, 5.74) is 0.0636. The summed E-state index contributed by atoms with van der Waals surface area (Å²) in [4.78, 5) is 0.